The first-order valence-electron chi connectivity index (χ1n) is 10.0. The van der Waals surface area contributed by atoms with Crippen LogP contribution in [0.25, 0.3) is 10.4 Å². The molecule has 2 fully saturated rings. The second kappa shape index (κ2) is 8.17. The number of hydrogen-bond acceptors (Lipinski definition) is 4. The molecule has 2 aromatic rings. The van der Waals surface area contributed by atoms with Crippen molar-refractivity contribution < 1.29 is 9.53 Å². The van der Waals surface area contributed by atoms with Crippen molar-refractivity contribution in [1.29, 1.82) is 0 Å². The number of nitrogens with zero attached hydrogens (tertiary/aromatic N) is 1. The maximum absolute atomic E-state index is 13.0. The summed E-state index contributed by atoms with van der Waals surface area (Å²) in [6.07, 6.45) is 9.88. The summed E-state index contributed by atoms with van der Waals surface area (Å²) in [6, 6.07) is 4.19. The molecular formula is C21H29N3O2S. The van der Waals surface area contributed by atoms with Gasteiger partial charge in [-0.2, -0.15) is 0 Å². The third kappa shape index (κ3) is 3.98. The second-order valence-corrected chi connectivity index (χ2v) is 9.05. The van der Waals surface area contributed by atoms with Gasteiger partial charge < -0.3 is 15.0 Å². The highest BCUT2D eigenvalue weighted by molar-refractivity contribution is 7.15. The average molecular weight is 388 g/mol. The molecule has 4 rings (SSSR count). The van der Waals surface area contributed by atoms with Crippen molar-refractivity contribution in [3.05, 3.63) is 35.0 Å². The minimum atomic E-state index is 0.0236. The van der Waals surface area contributed by atoms with E-state index in [4.69, 9.17) is 4.74 Å². The highest BCUT2D eigenvalue weighted by atomic mass is 32.1. The molecule has 0 unspecified atom stereocenters. The van der Waals surface area contributed by atoms with Crippen LogP contribution < -0.4 is 5.32 Å². The molecule has 0 atom stereocenters. The number of nitrogens with one attached hydrogen (secondary N) is 2. The zero-order valence-corrected chi connectivity index (χ0v) is 16.9. The Bertz CT molecular complexity index is 770. The molecule has 0 radical (unpaired) electrons. The van der Waals surface area contributed by atoms with Gasteiger partial charge in [0.2, 0.25) is 0 Å². The summed E-state index contributed by atoms with van der Waals surface area (Å²) >= 11 is 1.72. The topological polar surface area (TPSA) is 57.4 Å². The van der Waals surface area contributed by atoms with Crippen LogP contribution in [-0.4, -0.2) is 54.2 Å². The predicted molar refractivity (Wildman–Crippen MR) is 109 cm³/mol. The Kier molecular flexibility index (Phi) is 5.66. The monoisotopic (exact) mass is 387 g/mol. The summed E-state index contributed by atoms with van der Waals surface area (Å²) in [5, 5.41) is 3.27. The first kappa shape index (κ1) is 18.7. The number of H-pyrrole nitrogens is 1. The number of morpholine rings is 1. The second-order valence-electron chi connectivity index (χ2n) is 7.76. The van der Waals surface area contributed by atoms with Crippen molar-refractivity contribution in [3.63, 3.8) is 0 Å². The molecule has 0 aromatic carbocycles. The fourth-order valence-electron chi connectivity index (χ4n) is 4.53. The summed E-state index contributed by atoms with van der Waals surface area (Å²) in [7, 11) is 0. The van der Waals surface area contributed by atoms with Gasteiger partial charge in [-0.3, -0.25) is 9.69 Å². The van der Waals surface area contributed by atoms with E-state index in [-0.39, 0.29) is 11.4 Å². The van der Waals surface area contributed by atoms with E-state index >= 15 is 0 Å². The fourth-order valence-corrected chi connectivity index (χ4v) is 5.43. The Morgan fingerprint density at radius 3 is 2.70 bits per heavy atom. The van der Waals surface area contributed by atoms with E-state index in [1.165, 1.54) is 24.1 Å². The van der Waals surface area contributed by atoms with Crippen molar-refractivity contribution >= 4 is 17.2 Å². The Morgan fingerprint density at radius 1 is 1.22 bits per heavy atom. The maximum atomic E-state index is 13.0. The van der Waals surface area contributed by atoms with Crippen molar-refractivity contribution in [2.45, 2.75) is 44.6 Å². The zero-order valence-electron chi connectivity index (χ0n) is 16.1. The number of amides is 1. The van der Waals surface area contributed by atoms with E-state index in [1.54, 1.807) is 11.3 Å². The highest BCUT2D eigenvalue weighted by Gasteiger charge is 2.39. The van der Waals surface area contributed by atoms with Gasteiger partial charge in [0.15, 0.2) is 0 Å². The van der Waals surface area contributed by atoms with Crippen LogP contribution in [0.3, 0.4) is 0 Å². The lowest BCUT2D eigenvalue weighted by molar-refractivity contribution is -0.0361. The lowest BCUT2D eigenvalue weighted by Gasteiger charge is -2.48. The molecule has 6 heteroatoms. The normalized spacial score (nSPS) is 20.5. The van der Waals surface area contributed by atoms with Crippen LogP contribution in [-0.2, 0) is 4.74 Å². The number of aryl methyl sites for hydroxylation is 1. The number of carbonyl (C=O) groups is 1. The molecule has 1 aliphatic heterocycles. The van der Waals surface area contributed by atoms with E-state index in [1.807, 2.05) is 12.4 Å². The maximum Gasteiger partial charge on any atom is 0.253 e. The Balaban J connectivity index is 1.48. The largest absolute Gasteiger partial charge is 0.379 e. The van der Waals surface area contributed by atoms with Gasteiger partial charge in [-0.05, 0) is 31.9 Å². The molecule has 2 aliphatic rings. The number of hydrogen-bond donors (Lipinski definition) is 2. The van der Waals surface area contributed by atoms with Gasteiger partial charge in [0.1, 0.15) is 0 Å². The van der Waals surface area contributed by atoms with Crippen molar-refractivity contribution in [3.8, 4) is 10.4 Å². The lowest BCUT2D eigenvalue weighted by Crippen LogP contribution is -2.59. The van der Waals surface area contributed by atoms with Gasteiger partial charge >= 0.3 is 0 Å². The van der Waals surface area contributed by atoms with Gasteiger partial charge in [-0.15, -0.1) is 11.3 Å². The number of aromatic amines is 1. The van der Waals surface area contributed by atoms with Crippen LogP contribution in [0.1, 0.15) is 47.3 Å². The van der Waals surface area contributed by atoms with Crippen molar-refractivity contribution in [2.75, 3.05) is 32.8 Å². The molecule has 1 aliphatic carbocycles. The van der Waals surface area contributed by atoms with Gasteiger partial charge in [0.05, 0.1) is 18.8 Å². The zero-order chi connectivity index (χ0) is 18.7. The van der Waals surface area contributed by atoms with E-state index in [0.717, 1.165) is 61.7 Å². The van der Waals surface area contributed by atoms with Crippen molar-refractivity contribution in [1.82, 2.24) is 15.2 Å². The summed E-state index contributed by atoms with van der Waals surface area (Å²) in [5.74, 6) is 0.0236. The Hall–Kier alpha value is -1.63. The number of carbonyl (C=O) groups excluding carboxylic acids is 1. The molecule has 2 aromatic heterocycles. The number of ether oxygens (including phenoxy) is 1. The summed E-state index contributed by atoms with van der Waals surface area (Å²) in [5.41, 5.74) is 1.83. The van der Waals surface area contributed by atoms with Gasteiger partial charge in [-0.1, -0.05) is 19.3 Å². The van der Waals surface area contributed by atoms with Gasteiger partial charge in [0, 0.05) is 52.9 Å². The average Bonchev–Trinajstić information content (AvgIpc) is 3.36. The van der Waals surface area contributed by atoms with Crippen molar-refractivity contribution in [2.24, 2.45) is 0 Å². The fraction of sp³-hybridized carbons (Fsp3) is 0.571. The van der Waals surface area contributed by atoms with Gasteiger partial charge in [0.25, 0.3) is 5.91 Å². The summed E-state index contributed by atoms with van der Waals surface area (Å²) in [6.45, 7) is 6.36. The lowest BCUT2D eigenvalue weighted by atomic mass is 9.79. The molecule has 1 saturated heterocycles. The minimum absolute atomic E-state index is 0.0236. The summed E-state index contributed by atoms with van der Waals surface area (Å²) < 4.78 is 5.55. The SMILES string of the molecule is Cc1ccc(-c2c[nH]cc2C(=O)NCC2(N3CCOCC3)CCCCC2)s1. The molecule has 0 bridgehead atoms. The predicted octanol–water partition coefficient (Wildman–Crippen LogP) is 3.82. The number of thiophene rings is 1. The third-order valence-electron chi connectivity index (χ3n) is 6.04. The Labute approximate surface area is 165 Å². The molecular weight excluding hydrogens is 358 g/mol. The minimum Gasteiger partial charge on any atom is -0.379 e. The van der Waals surface area contributed by atoms with E-state index in [9.17, 15) is 4.79 Å². The molecule has 27 heavy (non-hydrogen) atoms. The first-order chi connectivity index (χ1) is 13.2. The first-order valence-corrected chi connectivity index (χ1v) is 10.8. The van der Waals surface area contributed by atoms with Gasteiger partial charge in [-0.25, -0.2) is 0 Å². The molecule has 3 heterocycles. The third-order valence-corrected chi connectivity index (χ3v) is 7.07. The molecule has 2 N–H and O–H groups in total. The molecule has 1 amide bonds. The quantitative estimate of drug-likeness (QED) is 0.820. The Morgan fingerprint density at radius 2 is 2.00 bits per heavy atom. The molecule has 0 spiro atoms. The highest BCUT2D eigenvalue weighted by Crippen LogP contribution is 2.34. The van der Waals surface area contributed by atoms with Crippen LogP contribution in [0.5, 0.6) is 0 Å². The molecule has 146 valence electrons. The summed E-state index contributed by atoms with van der Waals surface area (Å²) in [4.78, 5) is 21.1. The van der Waals surface area contributed by atoms with Crippen LogP contribution in [0.4, 0.5) is 0 Å². The van der Waals surface area contributed by atoms with E-state index in [2.05, 4.69) is 34.3 Å². The molecule has 5 nitrogen and oxygen atoms in total. The van der Waals surface area contributed by atoms with Crippen LogP contribution in [0.2, 0.25) is 0 Å². The van der Waals surface area contributed by atoms with Crippen LogP contribution in [0, 0.1) is 6.92 Å². The smallest absolute Gasteiger partial charge is 0.253 e. The van der Waals surface area contributed by atoms with E-state index < -0.39 is 0 Å². The number of rotatable bonds is 5. The van der Waals surface area contributed by atoms with Crippen LogP contribution >= 0.6 is 11.3 Å². The molecule has 1 saturated carbocycles. The standard InChI is InChI=1S/C21H29N3O2S/c1-16-5-6-19(27-16)17-13-22-14-18(17)20(25)23-15-21(7-3-2-4-8-21)24-9-11-26-12-10-24/h5-6,13-14,22H,2-4,7-12,15H2,1H3,(H,23,25). The van der Waals surface area contributed by atoms with E-state index in [0.29, 0.717) is 0 Å². The number of aromatic nitrogens is 1. The van der Waals surface area contributed by atoms with Crippen LogP contribution in [0.15, 0.2) is 24.5 Å².